The monoisotopic (exact) mass is 262 g/mol. The number of aromatic amines is 1. The van der Waals surface area contributed by atoms with Crippen LogP contribution in [0.3, 0.4) is 0 Å². The van der Waals surface area contributed by atoms with Crippen molar-refractivity contribution in [2.45, 2.75) is 20.3 Å². The fourth-order valence-electron chi connectivity index (χ4n) is 1.91. The Labute approximate surface area is 112 Å². The topological polar surface area (TPSA) is 29.9 Å². The quantitative estimate of drug-likeness (QED) is 0.851. The molecule has 0 aliphatic heterocycles. The third-order valence-electron chi connectivity index (χ3n) is 2.73. The van der Waals surface area contributed by atoms with E-state index < -0.39 is 0 Å². The molecule has 1 heterocycles. The first-order valence-electron chi connectivity index (χ1n) is 6.05. The number of methoxy groups -OCH3 is 1. The molecule has 4 heteroatoms. The van der Waals surface area contributed by atoms with Crippen LogP contribution in [0, 0.1) is 10.6 Å². The molecule has 0 saturated carbocycles. The summed E-state index contributed by atoms with van der Waals surface area (Å²) < 4.78 is 7.87. The number of hydrogen-bond acceptors (Lipinski definition) is 2. The molecule has 0 fully saturated rings. The Bertz CT molecular complexity index is 566. The Balaban J connectivity index is 2.32. The average molecular weight is 262 g/mol. The van der Waals surface area contributed by atoms with Crippen molar-refractivity contribution >= 4 is 12.2 Å². The molecule has 1 aromatic carbocycles. The molecule has 0 aliphatic carbocycles. The minimum atomic E-state index is 0.613. The summed E-state index contributed by atoms with van der Waals surface area (Å²) >= 11 is 5.37. The van der Waals surface area contributed by atoms with Crippen LogP contribution >= 0.6 is 12.2 Å². The predicted molar refractivity (Wildman–Crippen MR) is 76.0 cm³/mol. The molecule has 0 spiro atoms. The lowest BCUT2D eigenvalue weighted by Gasteiger charge is -2.05. The van der Waals surface area contributed by atoms with Crippen LogP contribution in [0.25, 0.3) is 5.69 Å². The number of nitrogens with zero attached hydrogens (tertiary/aromatic N) is 1. The maximum Gasteiger partial charge on any atom is 0.127 e. The standard InChI is InChI=1S/C14H18N2OS/c1-10(2)8-11-9-14(18)16(15-11)12-4-6-13(17-3)7-5-12/h4-7,9-10,15H,8H2,1-3H3. The van der Waals surface area contributed by atoms with Gasteiger partial charge in [-0.05, 0) is 42.7 Å². The van der Waals surface area contributed by atoms with Gasteiger partial charge < -0.3 is 4.74 Å². The number of aromatic nitrogens is 2. The highest BCUT2D eigenvalue weighted by molar-refractivity contribution is 7.71. The Hall–Kier alpha value is -1.55. The lowest BCUT2D eigenvalue weighted by molar-refractivity contribution is 0.414. The molecule has 3 nitrogen and oxygen atoms in total. The minimum absolute atomic E-state index is 0.613. The molecular weight excluding hydrogens is 244 g/mol. The summed E-state index contributed by atoms with van der Waals surface area (Å²) in [6.07, 6.45) is 1.01. The minimum Gasteiger partial charge on any atom is -0.497 e. The van der Waals surface area contributed by atoms with Crippen molar-refractivity contribution in [2.75, 3.05) is 7.11 Å². The van der Waals surface area contributed by atoms with Gasteiger partial charge in [-0.2, -0.15) is 0 Å². The van der Waals surface area contributed by atoms with Gasteiger partial charge in [-0.3, -0.25) is 5.10 Å². The molecule has 1 aromatic heterocycles. The van der Waals surface area contributed by atoms with Gasteiger partial charge in [0, 0.05) is 5.69 Å². The second kappa shape index (κ2) is 5.40. The number of benzene rings is 1. The first-order valence-corrected chi connectivity index (χ1v) is 6.46. The van der Waals surface area contributed by atoms with Crippen molar-refractivity contribution in [3.05, 3.63) is 40.7 Å². The van der Waals surface area contributed by atoms with Crippen LogP contribution < -0.4 is 4.74 Å². The first kappa shape index (κ1) is 12.9. The maximum atomic E-state index is 5.37. The zero-order chi connectivity index (χ0) is 13.1. The number of rotatable bonds is 4. The van der Waals surface area contributed by atoms with E-state index in [2.05, 4.69) is 18.9 Å². The number of hydrogen-bond donors (Lipinski definition) is 1. The molecule has 0 atom stereocenters. The van der Waals surface area contributed by atoms with E-state index in [1.54, 1.807) is 7.11 Å². The van der Waals surface area contributed by atoms with Crippen molar-refractivity contribution in [1.29, 1.82) is 0 Å². The van der Waals surface area contributed by atoms with Gasteiger partial charge in [0.15, 0.2) is 0 Å². The second-order valence-corrected chi connectivity index (χ2v) is 5.17. The number of ether oxygens (including phenoxy) is 1. The van der Waals surface area contributed by atoms with Crippen LogP contribution in [0.4, 0.5) is 0 Å². The zero-order valence-corrected chi connectivity index (χ0v) is 11.8. The summed E-state index contributed by atoms with van der Waals surface area (Å²) in [7, 11) is 1.66. The second-order valence-electron chi connectivity index (χ2n) is 4.75. The molecule has 0 saturated heterocycles. The van der Waals surface area contributed by atoms with E-state index in [1.807, 2.05) is 35.0 Å². The van der Waals surface area contributed by atoms with Crippen molar-refractivity contribution in [2.24, 2.45) is 5.92 Å². The summed E-state index contributed by atoms with van der Waals surface area (Å²) in [6, 6.07) is 9.87. The first-order chi connectivity index (χ1) is 8.60. The highest BCUT2D eigenvalue weighted by Crippen LogP contribution is 2.16. The van der Waals surface area contributed by atoms with Crippen LogP contribution in [0.2, 0.25) is 0 Å². The van der Waals surface area contributed by atoms with Gasteiger partial charge in [-0.15, -0.1) is 0 Å². The van der Waals surface area contributed by atoms with Crippen molar-refractivity contribution in [3.63, 3.8) is 0 Å². The normalized spacial score (nSPS) is 10.9. The zero-order valence-electron chi connectivity index (χ0n) is 10.9. The fourth-order valence-corrected chi connectivity index (χ4v) is 2.21. The van der Waals surface area contributed by atoms with Crippen LogP contribution in [0.5, 0.6) is 5.75 Å². The molecule has 96 valence electrons. The third-order valence-corrected chi connectivity index (χ3v) is 3.03. The smallest absolute Gasteiger partial charge is 0.127 e. The largest absolute Gasteiger partial charge is 0.497 e. The van der Waals surface area contributed by atoms with E-state index >= 15 is 0 Å². The van der Waals surface area contributed by atoms with E-state index in [4.69, 9.17) is 17.0 Å². The molecule has 2 aromatic rings. The summed E-state index contributed by atoms with van der Waals surface area (Å²) in [5.74, 6) is 1.46. The van der Waals surface area contributed by atoms with Gasteiger partial charge in [0.25, 0.3) is 0 Å². The van der Waals surface area contributed by atoms with Gasteiger partial charge in [0.1, 0.15) is 10.4 Å². The van der Waals surface area contributed by atoms with Gasteiger partial charge >= 0.3 is 0 Å². The number of nitrogens with one attached hydrogen (secondary N) is 1. The van der Waals surface area contributed by atoms with Crippen molar-refractivity contribution in [3.8, 4) is 11.4 Å². The van der Waals surface area contributed by atoms with Gasteiger partial charge in [-0.25, -0.2) is 4.68 Å². The fraction of sp³-hybridized carbons (Fsp3) is 0.357. The van der Waals surface area contributed by atoms with Crippen LogP contribution in [-0.4, -0.2) is 16.9 Å². The average Bonchev–Trinajstić information content (AvgIpc) is 2.69. The molecule has 1 N–H and O–H groups in total. The van der Waals surface area contributed by atoms with Crippen LogP contribution in [0.1, 0.15) is 19.5 Å². The van der Waals surface area contributed by atoms with E-state index in [0.717, 1.165) is 22.5 Å². The maximum absolute atomic E-state index is 5.37. The Morgan fingerprint density at radius 3 is 2.50 bits per heavy atom. The Morgan fingerprint density at radius 2 is 1.94 bits per heavy atom. The molecule has 0 amide bonds. The van der Waals surface area contributed by atoms with E-state index in [1.165, 1.54) is 5.69 Å². The summed E-state index contributed by atoms with van der Waals surface area (Å²) in [5, 5.41) is 3.34. The van der Waals surface area contributed by atoms with Gasteiger partial charge in [0.2, 0.25) is 0 Å². The van der Waals surface area contributed by atoms with Gasteiger partial charge in [-0.1, -0.05) is 26.1 Å². The van der Waals surface area contributed by atoms with Crippen molar-refractivity contribution in [1.82, 2.24) is 9.78 Å². The highest BCUT2D eigenvalue weighted by atomic mass is 32.1. The van der Waals surface area contributed by atoms with E-state index in [-0.39, 0.29) is 0 Å². The molecule has 0 aliphatic rings. The third kappa shape index (κ3) is 2.82. The Kier molecular flexibility index (Phi) is 3.87. The molecule has 0 radical (unpaired) electrons. The lowest BCUT2D eigenvalue weighted by Crippen LogP contribution is -1.99. The molecule has 2 rings (SSSR count). The highest BCUT2D eigenvalue weighted by Gasteiger charge is 2.04. The lowest BCUT2D eigenvalue weighted by atomic mass is 10.1. The molecular formula is C14H18N2OS. The SMILES string of the molecule is COc1ccc(-n2[nH]c(CC(C)C)cc2=S)cc1. The van der Waals surface area contributed by atoms with E-state index in [9.17, 15) is 0 Å². The predicted octanol–water partition coefficient (Wildman–Crippen LogP) is 3.74. The summed E-state index contributed by atoms with van der Waals surface area (Å²) in [6.45, 7) is 4.39. The number of H-pyrrole nitrogens is 1. The van der Waals surface area contributed by atoms with E-state index in [0.29, 0.717) is 5.92 Å². The van der Waals surface area contributed by atoms with Crippen LogP contribution in [0.15, 0.2) is 30.3 Å². The molecule has 18 heavy (non-hydrogen) atoms. The Morgan fingerprint density at radius 1 is 1.28 bits per heavy atom. The van der Waals surface area contributed by atoms with Crippen LogP contribution in [-0.2, 0) is 6.42 Å². The summed E-state index contributed by atoms with van der Waals surface area (Å²) in [5.41, 5.74) is 2.20. The summed E-state index contributed by atoms with van der Waals surface area (Å²) in [4.78, 5) is 0. The van der Waals surface area contributed by atoms with Crippen molar-refractivity contribution < 1.29 is 4.74 Å². The van der Waals surface area contributed by atoms with Gasteiger partial charge in [0.05, 0.1) is 12.8 Å². The molecule has 0 bridgehead atoms. The molecule has 0 unspecified atom stereocenters.